The van der Waals surface area contributed by atoms with Gasteiger partial charge in [-0.2, -0.15) is 8.42 Å². The fourth-order valence-electron chi connectivity index (χ4n) is 3.48. The number of benzene rings is 1. The molecule has 0 aromatic heterocycles. The molecular formula is C24H32N4O10S. The van der Waals surface area contributed by atoms with Gasteiger partial charge in [0.1, 0.15) is 17.0 Å². The maximum absolute atomic E-state index is 12.8. The molecule has 39 heavy (non-hydrogen) atoms. The molecule has 1 aromatic rings. The van der Waals surface area contributed by atoms with Gasteiger partial charge in [0.15, 0.2) is 0 Å². The monoisotopic (exact) mass is 568 g/mol. The van der Waals surface area contributed by atoms with Gasteiger partial charge in [0, 0.05) is 24.3 Å². The lowest BCUT2D eigenvalue weighted by Crippen LogP contribution is -2.53. The summed E-state index contributed by atoms with van der Waals surface area (Å²) < 4.78 is 37.7. The largest absolute Gasteiger partial charge is 0.392 e. The Bertz CT molecular complexity index is 1230. The fourth-order valence-corrected chi connectivity index (χ4v) is 4.22. The number of aliphatic hydroxyl groups excluding tert-OH is 1. The first-order valence-electron chi connectivity index (χ1n) is 12.0. The summed E-state index contributed by atoms with van der Waals surface area (Å²) in [6.45, 7) is 4.21. The van der Waals surface area contributed by atoms with E-state index < -0.39 is 63.2 Å². The van der Waals surface area contributed by atoms with E-state index in [0.29, 0.717) is 0 Å². The van der Waals surface area contributed by atoms with Gasteiger partial charge in [-0.25, -0.2) is 0 Å². The minimum absolute atomic E-state index is 0.00867. The minimum atomic E-state index is -4.66. The maximum Gasteiger partial charge on any atom is 0.294 e. The second kappa shape index (κ2) is 13.9. The molecule has 0 spiro atoms. The lowest BCUT2D eigenvalue weighted by atomic mass is 10.0. The number of hydrogen-bond donors (Lipinski definition) is 5. The summed E-state index contributed by atoms with van der Waals surface area (Å²) in [5.74, 6) is -3.02. The predicted molar refractivity (Wildman–Crippen MR) is 136 cm³/mol. The van der Waals surface area contributed by atoms with Crippen molar-refractivity contribution in [1.82, 2.24) is 15.5 Å². The summed E-state index contributed by atoms with van der Waals surface area (Å²) >= 11 is 0. The van der Waals surface area contributed by atoms with Crippen molar-refractivity contribution in [2.75, 3.05) is 25.1 Å². The van der Waals surface area contributed by atoms with Gasteiger partial charge in [-0.05, 0) is 30.5 Å². The van der Waals surface area contributed by atoms with Gasteiger partial charge < -0.3 is 25.8 Å². The highest BCUT2D eigenvalue weighted by atomic mass is 32.2. The van der Waals surface area contributed by atoms with Crippen molar-refractivity contribution >= 4 is 45.3 Å². The number of rotatable bonds is 14. The summed E-state index contributed by atoms with van der Waals surface area (Å²) in [4.78, 5) is 61.1. The van der Waals surface area contributed by atoms with Crippen molar-refractivity contribution in [2.24, 2.45) is 5.92 Å². The van der Waals surface area contributed by atoms with Crippen molar-refractivity contribution in [3.8, 4) is 0 Å². The number of nitrogens with zero attached hydrogens (tertiary/aromatic N) is 1. The van der Waals surface area contributed by atoms with Gasteiger partial charge in [0.2, 0.25) is 17.7 Å². The highest BCUT2D eigenvalue weighted by Gasteiger charge is 2.27. The Balaban J connectivity index is 1.85. The second-order valence-electron chi connectivity index (χ2n) is 8.99. The van der Waals surface area contributed by atoms with Crippen LogP contribution in [0.25, 0.3) is 0 Å². The Hall–Kier alpha value is -3.66. The van der Waals surface area contributed by atoms with Gasteiger partial charge in [-0.3, -0.25) is 33.4 Å². The number of amides is 5. The number of imide groups is 1. The number of aliphatic hydroxyl groups is 1. The zero-order valence-electron chi connectivity index (χ0n) is 21.7. The Morgan fingerprint density at radius 1 is 1.00 bits per heavy atom. The summed E-state index contributed by atoms with van der Waals surface area (Å²) in [6, 6.07) is 1.46. The molecule has 5 N–H and O–H groups in total. The fraction of sp³-hybridized carbons (Fsp3) is 0.458. The SMILES string of the molecule is CC(C)C(NC(=O)CCOCCN1C(=O)C=CC1=O)C(=O)N[C@@H](C)C(=O)Nc1ccc(CO)c(S(=O)(=O)O)c1. The molecule has 2 rings (SSSR count). The molecule has 1 aromatic carbocycles. The van der Waals surface area contributed by atoms with Crippen molar-refractivity contribution in [2.45, 2.75) is 50.8 Å². The Kier molecular flexibility index (Phi) is 11.3. The van der Waals surface area contributed by atoms with E-state index in [9.17, 15) is 42.0 Å². The zero-order chi connectivity index (χ0) is 29.3. The van der Waals surface area contributed by atoms with Crippen molar-refractivity contribution < 1.29 is 46.8 Å². The molecule has 1 aliphatic heterocycles. The smallest absolute Gasteiger partial charge is 0.294 e. The molecule has 0 fully saturated rings. The number of nitrogens with one attached hydrogen (secondary N) is 3. The van der Waals surface area contributed by atoms with E-state index in [1.54, 1.807) is 13.8 Å². The quantitative estimate of drug-likeness (QED) is 0.109. The molecular weight excluding hydrogens is 536 g/mol. The first-order valence-corrected chi connectivity index (χ1v) is 13.4. The van der Waals surface area contributed by atoms with Gasteiger partial charge in [-0.1, -0.05) is 19.9 Å². The summed E-state index contributed by atoms with van der Waals surface area (Å²) in [7, 11) is -4.66. The second-order valence-corrected chi connectivity index (χ2v) is 10.4. The number of anilines is 1. The van der Waals surface area contributed by atoms with Crippen molar-refractivity contribution in [1.29, 1.82) is 0 Å². The molecule has 1 unspecified atom stereocenters. The van der Waals surface area contributed by atoms with Crippen molar-refractivity contribution in [3.05, 3.63) is 35.9 Å². The third kappa shape index (κ3) is 9.24. The summed E-state index contributed by atoms with van der Waals surface area (Å²) in [6.07, 6.45) is 2.23. The van der Waals surface area contributed by atoms with E-state index in [-0.39, 0.29) is 43.3 Å². The summed E-state index contributed by atoms with van der Waals surface area (Å²) in [5.41, 5.74) is -0.0544. The molecule has 214 valence electrons. The average Bonchev–Trinajstić information content (AvgIpc) is 3.18. The van der Waals surface area contributed by atoms with Crippen LogP contribution < -0.4 is 16.0 Å². The van der Waals surface area contributed by atoms with E-state index in [4.69, 9.17) is 4.74 Å². The lowest BCUT2D eigenvalue weighted by molar-refractivity contribution is -0.138. The highest BCUT2D eigenvalue weighted by molar-refractivity contribution is 7.85. The van der Waals surface area contributed by atoms with Crippen LogP contribution in [-0.2, 0) is 45.4 Å². The molecule has 0 saturated heterocycles. The molecule has 1 aliphatic rings. The van der Waals surface area contributed by atoms with E-state index >= 15 is 0 Å². The molecule has 15 heteroatoms. The van der Waals surface area contributed by atoms with Crippen LogP contribution in [0.3, 0.4) is 0 Å². The molecule has 0 bridgehead atoms. The Labute approximate surface area is 225 Å². The van der Waals surface area contributed by atoms with Crippen LogP contribution in [0.4, 0.5) is 5.69 Å². The third-order valence-electron chi connectivity index (χ3n) is 5.63. The summed E-state index contributed by atoms with van der Waals surface area (Å²) in [5, 5.41) is 16.8. The first-order chi connectivity index (χ1) is 18.2. The molecule has 2 atom stereocenters. The number of ether oxygens (including phenoxy) is 1. The van der Waals surface area contributed by atoms with E-state index in [0.717, 1.165) is 23.1 Å². The molecule has 0 radical (unpaired) electrons. The Morgan fingerprint density at radius 3 is 2.21 bits per heavy atom. The van der Waals surface area contributed by atoms with Crippen LogP contribution in [-0.4, -0.2) is 84.4 Å². The van der Waals surface area contributed by atoms with Crippen LogP contribution in [0.1, 0.15) is 32.8 Å². The van der Waals surface area contributed by atoms with Crippen LogP contribution in [0, 0.1) is 5.92 Å². The standard InChI is InChI=1S/C24H32N4O10S/c1-14(2)22(27-19(30)8-10-38-11-9-28-20(31)6-7-21(28)32)24(34)25-15(3)23(33)26-17-5-4-16(13-29)18(12-17)39(35,36)37/h4-7,12,14-15,22,29H,8-11,13H2,1-3H3,(H,25,34)(H,26,33)(H,27,30)(H,35,36,37)/t15-,22?/m0/s1. The number of carbonyl (C=O) groups is 5. The number of carbonyl (C=O) groups excluding carboxylic acids is 5. The zero-order valence-corrected chi connectivity index (χ0v) is 22.5. The molecule has 0 saturated carbocycles. The molecule has 1 heterocycles. The normalized spacial score (nSPS) is 14.9. The average molecular weight is 569 g/mol. The highest BCUT2D eigenvalue weighted by Crippen LogP contribution is 2.21. The molecule has 0 aliphatic carbocycles. The minimum Gasteiger partial charge on any atom is -0.392 e. The van der Waals surface area contributed by atoms with E-state index in [2.05, 4.69) is 16.0 Å². The topological polar surface area (TPSA) is 209 Å². The molecule has 5 amide bonds. The lowest BCUT2D eigenvalue weighted by Gasteiger charge is -2.24. The van der Waals surface area contributed by atoms with Gasteiger partial charge in [0.25, 0.3) is 21.9 Å². The first kappa shape index (κ1) is 31.6. The number of hydrogen-bond acceptors (Lipinski definition) is 9. The van der Waals surface area contributed by atoms with Crippen molar-refractivity contribution in [3.63, 3.8) is 0 Å². The maximum atomic E-state index is 12.8. The van der Waals surface area contributed by atoms with E-state index in [1.807, 2.05) is 0 Å². The van der Waals surface area contributed by atoms with E-state index in [1.165, 1.54) is 19.1 Å². The van der Waals surface area contributed by atoms with Crippen LogP contribution in [0.5, 0.6) is 0 Å². The predicted octanol–water partition coefficient (Wildman–Crippen LogP) is -0.659. The third-order valence-corrected chi connectivity index (χ3v) is 6.57. The van der Waals surface area contributed by atoms with Gasteiger partial charge in [0.05, 0.1) is 26.4 Å². The molecule has 14 nitrogen and oxygen atoms in total. The van der Waals surface area contributed by atoms with Gasteiger partial charge >= 0.3 is 0 Å². The van der Waals surface area contributed by atoms with Crippen LogP contribution >= 0.6 is 0 Å². The Morgan fingerprint density at radius 2 is 1.64 bits per heavy atom. The van der Waals surface area contributed by atoms with Gasteiger partial charge in [-0.15, -0.1) is 0 Å². The van der Waals surface area contributed by atoms with Crippen LogP contribution in [0.2, 0.25) is 0 Å². The van der Waals surface area contributed by atoms with Crippen LogP contribution in [0.15, 0.2) is 35.2 Å².